The lowest BCUT2D eigenvalue weighted by atomic mass is 10.1. The second-order valence-corrected chi connectivity index (χ2v) is 2.50. The van der Waals surface area contributed by atoms with Crippen molar-refractivity contribution >= 4 is 11.7 Å². The van der Waals surface area contributed by atoms with Crippen LogP contribution in [-0.2, 0) is 0 Å². The molecule has 0 aliphatic heterocycles. The van der Waals surface area contributed by atoms with Crippen molar-refractivity contribution in [1.29, 1.82) is 0 Å². The molecule has 0 atom stereocenters. The van der Waals surface area contributed by atoms with Gasteiger partial charge in [-0.2, -0.15) is 0 Å². The van der Waals surface area contributed by atoms with Crippen LogP contribution >= 0.6 is 0 Å². The minimum absolute atomic E-state index is 0.0233. The van der Waals surface area contributed by atoms with E-state index in [1.54, 1.807) is 0 Å². The Morgan fingerprint density at radius 2 is 2.08 bits per heavy atom. The van der Waals surface area contributed by atoms with E-state index in [1.165, 1.54) is 13.0 Å². The summed E-state index contributed by atoms with van der Waals surface area (Å²) in [6, 6.07) is 2.40. The van der Waals surface area contributed by atoms with Crippen LogP contribution in [0.4, 0.5) is 5.69 Å². The third-order valence-electron chi connectivity index (χ3n) is 1.73. The number of benzene rings is 1. The number of rotatable bonds is 2. The highest BCUT2D eigenvalue weighted by atomic mass is 16.4. The summed E-state index contributed by atoms with van der Waals surface area (Å²) < 4.78 is 0. The van der Waals surface area contributed by atoms with Gasteiger partial charge >= 0.3 is 5.97 Å². The standard InChI is InChI=1S/C8H7NO4/c1-4-5(9-13)2-3-6(10)7(4)8(11)12/h2-3,10H,1H3,(H,11,12). The molecule has 2 N–H and O–H groups in total. The normalized spacial score (nSPS) is 9.62. The zero-order valence-electron chi connectivity index (χ0n) is 6.81. The first kappa shape index (κ1) is 9.18. The minimum Gasteiger partial charge on any atom is -0.507 e. The Labute approximate surface area is 73.6 Å². The molecular formula is C8H7NO4. The Bertz CT molecular complexity index is 373. The van der Waals surface area contributed by atoms with Gasteiger partial charge in [0, 0.05) is 0 Å². The number of carboxylic acids is 1. The van der Waals surface area contributed by atoms with Crippen LogP contribution in [-0.4, -0.2) is 16.2 Å². The minimum atomic E-state index is -1.28. The van der Waals surface area contributed by atoms with Crippen molar-refractivity contribution in [3.63, 3.8) is 0 Å². The molecule has 0 amide bonds. The first-order valence-electron chi connectivity index (χ1n) is 3.47. The van der Waals surface area contributed by atoms with Gasteiger partial charge in [-0.15, -0.1) is 4.91 Å². The summed E-state index contributed by atoms with van der Waals surface area (Å²) in [5, 5.41) is 20.4. The highest BCUT2D eigenvalue weighted by Crippen LogP contribution is 2.28. The summed E-state index contributed by atoms with van der Waals surface area (Å²) in [4.78, 5) is 20.8. The van der Waals surface area contributed by atoms with Gasteiger partial charge in [-0.05, 0) is 29.8 Å². The Morgan fingerprint density at radius 3 is 2.54 bits per heavy atom. The highest BCUT2D eigenvalue weighted by molar-refractivity contribution is 5.94. The molecule has 5 heteroatoms. The number of carboxylic acid groups (broad SMARTS) is 1. The lowest BCUT2D eigenvalue weighted by molar-refractivity contribution is 0.0693. The summed E-state index contributed by atoms with van der Waals surface area (Å²) in [6.45, 7) is 1.42. The Kier molecular flexibility index (Phi) is 2.27. The third-order valence-corrected chi connectivity index (χ3v) is 1.73. The van der Waals surface area contributed by atoms with E-state index in [-0.39, 0.29) is 22.6 Å². The van der Waals surface area contributed by atoms with Gasteiger partial charge in [0.25, 0.3) is 0 Å². The van der Waals surface area contributed by atoms with Crippen molar-refractivity contribution in [2.45, 2.75) is 6.92 Å². The second-order valence-electron chi connectivity index (χ2n) is 2.50. The predicted molar refractivity (Wildman–Crippen MR) is 45.3 cm³/mol. The molecular weight excluding hydrogens is 174 g/mol. The SMILES string of the molecule is Cc1c(N=O)ccc(O)c1C(=O)O. The fraction of sp³-hybridized carbons (Fsp3) is 0.125. The molecule has 1 rings (SSSR count). The maximum Gasteiger partial charge on any atom is 0.339 e. The number of hydrogen-bond donors (Lipinski definition) is 2. The van der Waals surface area contributed by atoms with Crippen molar-refractivity contribution in [3.8, 4) is 5.75 Å². The van der Waals surface area contributed by atoms with Crippen LogP contribution < -0.4 is 0 Å². The van der Waals surface area contributed by atoms with Gasteiger partial charge in [0.15, 0.2) is 0 Å². The number of nitrogens with zero attached hydrogens (tertiary/aromatic N) is 1. The Balaban J connectivity index is 3.47. The van der Waals surface area contributed by atoms with Crippen LogP contribution in [0.25, 0.3) is 0 Å². The molecule has 5 nitrogen and oxygen atoms in total. The van der Waals surface area contributed by atoms with E-state index in [2.05, 4.69) is 5.18 Å². The van der Waals surface area contributed by atoms with E-state index < -0.39 is 5.97 Å². The maximum atomic E-state index is 10.6. The summed E-state index contributed by atoms with van der Waals surface area (Å²) in [5.74, 6) is -1.64. The van der Waals surface area contributed by atoms with Crippen LogP contribution in [0.1, 0.15) is 15.9 Å². The second kappa shape index (κ2) is 3.22. The number of nitroso groups, excluding NO2 is 1. The molecule has 0 heterocycles. The first-order chi connectivity index (χ1) is 6.07. The number of hydrogen-bond acceptors (Lipinski definition) is 4. The molecule has 0 saturated carbocycles. The largest absolute Gasteiger partial charge is 0.507 e. The van der Waals surface area contributed by atoms with Gasteiger partial charge in [-0.1, -0.05) is 0 Å². The van der Waals surface area contributed by atoms with Gasteiger partial charge in [0.1, 0.15) is 17.0 Å². The predicted octanol–water partition coefficient (Wildman–Crippen LogP) is 1.80. The van der Waals surface area contributed by atoms with Crippen molar-refractivity contribution in [2.24, 2.45) is 5.18 Å². The smallest absolute Gasteiger partial charge is 0.339 e. The lowest BCUT2D eigenvalue weighted by Crippen LogP contribution is -1.99. The molecule has 0 unspecified atom stereocenters. The van der Waals surface area contributed by atoms with Crippen LogP contribution in [0, 0.1) is 11.8 Å². The van der Waals surface area contributed by atoms with E-state index in [0.717, 1.165) is 6.07 Å². The lowest BCUT2D eigenvalue weighted by Gasteiger charge is -2.04. The fourth-order valence-electron chi connectivity index (χ4n) is 1.06. The maximum absolute atomic E-state index is 10.6. The van der Waals surface area contributed by atoms with Crippen molar-refractivity contribution in [2.75, 3.05) is 0 Å². The van der Waals surface area contributed by atoms with E-state index in [4.69, 9.17) is 10.2 Å². The van der Waals surface area contributed by atoms with Crippen LogP contribution in [0.3, 0.4) is 0 Å². The van der Waals surface area contributed by atoms with Crippen molar-refractivity contribution < 1.29 is 15.0 Å². The molecule has 0 aliphatic rings. The number of carbonyl (C=O) groups is 1. The Morgan fingerprint density at radius 1 is 1.46 bits per heavy atom. The topological polar surface area (TPSA) is 87.0 Å². The molecule has 0 bridgehead atoms. The zero-order chi connectivity index (χ0) is 10.0. The van der Waals surface area contributed by atoms with Crippen molar-refractivity contribution in [1.82, 2.24) is 0 Å². The monoisotopic (exact) mass is 181 g/mol. The molecule has 13 heavy (non-hydrogen) atoms. The summed E-state index contributed by atoms with van der Waals surface area (Å²) >= 11 is 0. The van der Waals surface area contributed by atoms with Gasteiger partial charge < -0.3 is 10.2 Å². The van der Waals surface area contributed by atoms with Gasteiger partial charge in [-0.25, -0.2) is 4.79 Å². The van der Waals surface area contributed by atoms with E-state index in [9.17, 15) is 9.70 Å². The molecule has 0 aromatic heterocycles. The average molecular weight is 181 g/mol. The summed E-state index contributed by atoms with van der Waals surface area (Å²) in [6.07, 6.45) is 0. The first-order valence-corrected chi connectivity index (χ1v) is 3.47. The van der Waals surface area contributed by atoms with E-state index >= 15 is 0 Å². The molecule has 1 aromatic rings. The molecule has 68 valence electrons. The number of aromatic carboxylic acids is 1. The van der Waals surface area contributed by atoms with Gasteiger partial charge in [0.2, 0.25) is 0 Å². The Hall–Kier alpha value is -1.91. The molecule has 0 saturated heterocycles. The van der Waals surface area contributed by atoms with Crippen LogP contribution in [0.5, 0.6) is 5.75 Å². The molecule has 1 aromatic carbocycles. The molecule has 0 spiro atoms. The van der Waals surface area contributed by atoms with Gasteiger partial charge in [-0.3, -0.25) is 0 Å². The highest BCUT2D eigenvalue weighted by Gasteiger charge is 2.15. The molecule has 0 fully saturated rings. The number of aromatic hydroxyl groups is 1. The average Bonchev–Trinajstić information content (AvgIpc) is 2.04. The molecule has 0 radical (unpaired) electrons. The van der Waals surface area contributed by atoms with E-state index in [0.29, 0.717) is 0 Å². The summed E-state index contributed by atoms with van der Waals surface area (Å²) in [5.41, 5.74) is -0.0881. The summed E-state index contributed by atoms with van der Waals surface area (Å²) in [7, 11) is 0. The van der Waals surface area contributed by atoms with E-state index in [1.807, 2.05) is 0 Å². The third kappa shape index (κ3) is 1.48. The van der Waals surface area contributed by atoms with Crippen molar-refractivity contribution in [3.05, 3.63) is 28.2 Å². The van der Waals surface area contributed by atoms with Crippen LogP contribution in [0.2, 0.25) is 0 Å². The fourth-order valence-corrected chi connectivity index (χ4v) is 1.06. The van der Waals surface area contributed by atoms with Crippen LogP contribution in [0.15, 0.2) is 17.3 Å². The quantitative estimate of drug-likeness (QED) is 0.681. The molecule has 0 aliphatic carbocycles. The van der Waals surface area contributed by atoms with Gasteiger partial charge in [0.05, 0.1) is 0 Å². The zero-order valence-corrected chi connectivity index (χ0v) is 6.81. The number of phenols is 1.